The predicted molar refractivity (Wildman–Crippen MR) is 75.6 cm³/mol. The zero-order valence-corrected chi connectivity index (χ0v) is 12.2. The highest BCUT2D eigenvalue weighted by Gasteiger charge is 2.18. The molecule has 0 saturated heterocycles. The summed E-state index contributed by atoms with van der Waals surface area (Å²) in [5.41, 5.74) is 0.745. The van der Waals surface area contributed by atoms with Crippen LogP contribution in [0.2, 0.25) is 0 Å². The standard InChI is InChI=1S/C13H15NO5.ClH/c1-4-9-5-10(14-7(2)15)6-11(13(17)18)12(9)19-8(3)16;/h5-6H,4H2,1-3H3,(H,14,15)(H,17,18);1H. The average molecular weight is 302 g/mol. The minimum absolute atomic E-state index is 0. The molecule has 20 heavy (non-hydrogen) atoms. The van der Waals surface area contributed by atoms with Crippen LogP contribution >= 0.6 is 12.4 Å². The van der Waals surface area contributed by atoms with Gasteiger partial charge in [0, 0.05) is 19.5 Å². The maximum absolute atomic E-state index is 11.2. The third-order valence-corrected chi connectivity index (χ3v) is 2.34. The lowest BCUT2D eigenvalue weighted by atomic mass is 10.0. The van der Waals surface area contributed by atoms with Gasteiger partial charge in [0.2, 0.25) is 5.91 Å². The Morgan fingerprint density at radius 3 is 2.25 bits per heavy atom. The van der Waals surface area contributed by atoms with Crippen LogP contribution in [0.15, 0.2) is 12.1 Å². The van der Waals surface area contributed by atoms with Gasteiger partial charge in [-0.25, -0.2) is 4.79 Å². The minimum atomic E-state index is -1.22. The van der Waals surface area contributed by atoms with Gasteiger partial charge in [-0.1, -0.05) is 6.92 Å². The number of anilines is 1. The number of nitrogens with one attached hydrogen (secondary N) is 1. The fourth-order valence-electron chi connectivity index (χ4n) is 1.65. The van der Waals surface area contributed by atoms with Crippen LogP contribution in [0.5, 0.6) is 5.75 Å². The quantitative estimate of drug-likeness (QED) is 0.657. The fraction of sp³-hybridized carbons (Fsp3) is 0.308. The Balaban J connectivity index is 0.00000361. The molecule has 0 spiro atoms. The van der Waals surface area contributed by atoms with Gasteiger partial charge in [0.15, 0.2) is 0 Å². The molecule has 1 aromatic rings. The van der Waals surface area contributed by atoms with E-state index in [2.05, 4.69) is 5.32 Å². The summed E-state index contributed by atoms with van der Waals surface area (Å²) in [6.45, 7) is 4.32. The van der Waals surface area contributed by atoms with Gasteiger partial charge in [0.05, 0.1) is 0 Å². The Hall–Kier alpha value is -2.08. The molecule has 0 atom stereocenters. The maximum atomic E-state index is 11.2. The highest BCUT2D eigenvalue weighted by atomic mass is 35.5. The SMILES string of the molecule is CCc1cc(NC(C)=O)cc(C(=O)O)c1OC(C)=O.Cl. The molecule has 0 radical (unpaired) electrons. The van der Waals surface area contributed by atoms with Crippen LogP contribution < -0.4 is 10.1 Å². The number of ether oxygens (including phenoxy) is 1. The van der Waals surface area contributed by atoms with Gasteiger partial charge in [-0.05, 0) is 24.1 Å². The largest absolute Gasteiger partial charge is 0.478 e. The predicted octanol–water partition coefficient (Wildman–Crippen LogP) is 2.25. The zero-order chi connectivity index (χ0) is 14.6. The molecule has 0 fully saturated rings. The Bertz CT molecular complexity index is 542. The number of benzene rings is 1. The summed E-state index contributed by atoms with van der Waals surface area (Å²) in [5.74, 6) is -2.10. The van der Waals surface area contributed by atoms with E-state index in [1.54, 1.807) is 13.0 Å². The number of aryl methyl sites for hydroxylation is 1. The van der Waals surface area contributed by atoms with Gasteiger partial charge < -0.3 is 15.2 Å². The van der Waals surface area contributed by atoms with E-state index in [1.807, 2.05) is 0 Å². The van der Waals surface area contributed by atoms with Crippen molar-refractivity contribution in [2.45, 2.75) is 27.2 Å². The number of carbonyl (C=O) groups is 3. The van der Waals surface area contributed by atoms with Gasteiger partial charge >= 0.3 is 11.9 Å². The second-order valence-corrected chi connectivity index (χ2v) is 3.95. The van der Waals surface area contributed by atoms with E-state index in [-0.39, 0.29) is 29.6 Å². The Labute approximate surface area is 122 Å². The summed E-state index contributed by atoms with van der Waals surface area (Å²) >= 11 is 0. The number of carboxylic acid groups (broad SMARTS) is 1. The molecule has 1 rings (SSSR count). The van der Waals surface area contributed by atoms with Crippen molar-refractivity contribution in [2.75, 3.05) is 5.32 Å². The molecule has 0 bridgehead atoms. The van der Waals surface area contributed by atoms with Crippen LogP contribution in [0, 0.1) is 0 Å². The molecule has 2 N–H and O–H groups in total. The van der Waals surface area contributed by atoms with Crippen molar-refractivity contribution in [1.82, 2.24) is 0 Å². The monoisotopic (exact) mass is 301 g/mol. The molecule has 0 aliphatic rings. The van der Waals surface area contributed by atoms with Crippen molar-refractivity contribution in [2.24, 2.45) is 0 Å². The molecular weight excluding hydrogens is 286 g/mol. The molecule has 0 aromatic heterocycles. The van der Waals surface area contributed by atoms with Gasteiger partial charge in [0.1, 0.15) is 11.3 Å². The van der Waals surface area contributed by atoms with Crippen LogP contribution in [0.1, 0.15) is 36.7 Å². The van der Waals surface area contributed by atoms with E-state index < -0.39 is 11.9 Å². The van der Waals surface area contributed by atoms with Crippen LogP contribution in [0.3, 0.4) is 0 Å². The van der Waals surface area contributed by atoms with Gasteiger partial charge in [-0.2, -0.15) is 0 Å². The molecule has 0 heterocycles. The summed E-state index contributed by atoms with van der Waals surface area (Å²) in [6.07, 6.45) is 0.469. The van der Waals surface area contributed by atoms with Crippen molar-refractivity contribution < 1.29 is 24.2 Å². The van der Waals surface area contributed by atoms with E-state index in [4.69, 9.17) is 9.84 Å². The summed E-state index contributed by atoms with van der Waals surface area (Å²) in [4.78, 5) is 33.3. The molecule has 0 aliphatic heterocycles. The first-order valence-electron chi connectivity index (χ1n) is 5.71. The van der Waals surface area contributed by atoms with Crippen molar-refractivity contribution in [3.05, 3.63) is 23.3 Å². The number of carboxylic acids is 1. The second kappa shape index (κ2) is 7.49. The van der Waals surface area contributed by atoms with Gasteiger partial charge in [-0.3, -0.25) is 9.59 Å². The summed E-state index contributed by atoms with van der Waals surface area (Å²) in [5, 5.41) is 11.7. The summed E-state index contributed by atoms with van der Waals surface area (Å²) < 4.78 is 4.96. The van der Waals surface area contributed by atoms with Gasteiger partial charge in [0.25, 0.3) is 0 Å². The summed E-state index contributed by atoms with van der Waals surface area (Å²) in [7, 11) is 0. The van der Waals surface area contributed by atoms with E-state index in [0.29, 0.717) is 17.7 Å². The molecule has 0 unspecified atom stereocenters. The number of amides is 1. The zero-order valence-electron chi connectivity index (χ0n) is 11.4. The lowest BCUT2D eigenvalue weighted by molar-refractivity contribution is -0.132. The molecule has 7 heteroatoms. The smallest absolute Gasteiger partial charge is 0.339 e. The number of hydrogen-bond donors (Lipinski definition) is 2. The topological polar surface area (TPSA) is 92.7 Å². The maximum Gasteiger partial charge on any atom is 0.339 e. The Morgan fingerprint density at radius 1 is 1.25 bits per heavy atom. The Kier molecular flexibility index (Phi) is 6.72. The van der Waals surface area contributed by atoms with E-state index in [0.717, 1.165) is 0 Å². The normalized spacial score (nSPS) is 9.35. The summed E-state index contributed by atoms with van der Waals surface area (Å²) in [6, 6.07) is 2.85. The third-order valence-electron chi connectivity index (χ3n) is 2.34. The molecule has 0 saturated carbocycles. The third kappa shape index (κ3) is 4.55. The first kappa shape index (κ1) is 17.9. The van der Waals surface area contributed by atoms with E-state index in [1.165, 1.54) is 19.9 Å². The number of esters is 1. The number of carbonyl (C=O) groups excluding carboxylic acids is 2. The molecule has 1 amide bonds. The molecule has 6 nitrogen and oxygen atoms in total. The van der Waals surface area contributed by atoms with Crippen molar-refractivity contribution in [1.29, 1.82) is 0 Å². The first-order valence-corrected chi connectivity index (χ1v) is 5.71. The van der Waals surface area contributed by atoms with Crippen LogP contribution in [0.25, 0.3) is 0 Å². The van der Waals surface area contributed by atoms with Crippen molar-refractivity contribution >= 4 is 35.9 Å². The molecule has 0 aliphatic carbocycles. The van der Waals surface area contributed by atoms with Gasteiger partial charge in [-0.15, -0.1) is 12.4 Å². The minimum Gasteiger partial charge on any atom is -0.478 e. The van der Waals surface area contributed by atoms with Crippen LogP contribution in [0.4, 0.5) is 5.69 Å². The average Bonchev–Trinajstić information content (AvgIpc) is 2.28. The number of aromatic carboxylic acids is 1. The number of hydrogen-bond acceptors (Lipinski definition) is 4. The van der Waals surface area contributed by atoms with Crippen LogP contribution in [-0.4, -0.2) is 23.0 Å². The highest BCUT2D eigenvalue weighted by Crippen LogP contribution is 2.29. The second-order valence-electron chi connectivity index (χ2n) is 3.95. The van der Waals surface area contributed by atoms with Crippen LogP contribution in [-0.2, 0) is 16.0 Å². The lowest BCUT2D eigenvalue weighted by Gasteiger charge is -2.13. The molecule has 1 aromatic carbocycles. The number of halogens is 1. The molecular formula is C13H16ClNO5. The van der Waals surface area contributed by atoms with Crippen molar-refractivity contribution in [3.63, 3.8) is 0 Å². The molecule has 110 valence electrons. The van der Waals surface area contributed by atoms with E-state index >= 15 is 0 Å². The Morgan fingerprint density at radius 2 is 1.85 bits per heavy atom. The number of rotatable bonds is 4. The fourth-order valence-corrected chi connectivity index (χ4v) is 1.65. The first-order chi connectivity index (χ1) is 8.85. The van der Waals surface area contributed by atoms with Crippen molar-refractivity contribution in [3.8, 4) is 5.75 Å². The highest BCUT2D eigenvalue weighted by molar-refractivity contribution is 5.96. The lowest BCUT2D eigenvalue weighted by Crippen LogP contribution is -2.12. The van der Waals surface area contributed by atoms with E-state index in [9.17, 15) is 14.4 Å².